The highest BCUT2D eigenvalue weighted by molar-refractivity contribution is 5.16. The van der Waals surface area contributed by atoms with Gasteiger partial charge in [-0.1, -0.05) is 12.1 Å². The minimum atomic E-state index is -0.566. The molecular weight excluding hydrogens is 199 g/mol. The van der Waals surface area contributed by atoms with E-state index in [4.69, 9.17) is 4.42 Å². The van der Waals surface area contributed by atoms with E-state index in [9.17, 15) is 9.18 Å². The highest BCUT2D eigenvalue weighted by Crippen LogP contribution is 2.06. The Labute approximate surface area is 84.7 Å². The first-order chi connectivity index (χ1) is 7.24. The van der Waals surface area contributed by atoms with E-state index in [1.807, 2.05) is 6.07 Å². The molecule has 0 aliphatic heterocycles. The normalized spacial score (nSPS) is 10.5. The van der Waals surface area contributed by atoms with Crippen LogP contribution in [0.15, 0.2) is 33.5 Å². The lowest BCUT2D eigenvalue weighted by Crippen LogP contribution is -1.94. The van der Waals surface area contributed by atoms with Crippen LogP contribution in [0.5, 0.6) is 0 Å². The predicted molar refractivity (Wildman–Crippen MR) is 50.9 cm³/mol. The number of hydrogen-bond acceptors (Lipinski definition) is 3. The van der Waals surface area contributed by atoms with Gasteiger partial charge in [0.15, 0.2) is 0 Å². The number of halogens is 1. The molecule has 1 N–H and O–H groups in total. The van der Waals surface area contributed by atoms with Gasteiger partial charge in [0.2, 0.25) is 5.89 Å². The van der Waals surface area contributed by atoms with Crippen LogP contribution in [-0.2, 0) is 12.8 Å². The molecule has 1 heterocycles. The van der Waals surface area contributed by atoms with E-state index in [0.29, 0.717) is 18.7 Å². The number of aromatic nitrogens is 2. The number of aryl methyl sites for hydroxylation is 2. The van der Waals surface area contributed by atoms with Crippen LogP contribution in [0.1, 0.15) is 11.5 Å². The quantitative estimate of drug-likeness (QED) is 0.826. The lowest BCUT2D eigenvalue weighted by Gasteiger charge is -1.97. The van der Waals surface area contributed by atoms with E-state index < -0.39 is 5.76 Å². The van der Waals surface area contributed by atoms with Crippen LogP contribution in [0.2, 0.25) is 0 Å². The van der Waals surface area contributed by atoms with Crippen molar-refractivity contribution in [2.45, 2.75) is 12.8 Å². The first-order valence-corrected chi connectivity index (χ1v) is 4.53. The van der Waals surface area contributed by atoms with Gasteiger partial charge in [-0.15, -0.1) is 5.10 Å². The van der Waals surface area contributed by atoms with Gasteiger partial charge in [0.25, 0.3) is 0 Å². The molecule has 1 aromatic carbocycles. The van der Waals surface area contributed by atoms with Gasteiger partial charge in [0.05, 0.1) is 0 Å². The number of nitrogens with one attached hydrogen (secondary N) is 1. The van der Waals surface area contributed by atoms with Gasteiger partial charge < -0.3 is 4.42 Å². The molecule has 0 radical (unpaired) electrons. The molecule has 0 bridgehead atoms. The molecule has 0 saturated carbocycles. The molecule has 0 spiro atoms. The Morgan fingerprint density at radius 3 is 2.93 bits per heavy atom. The zero-order chi connectivity index (χ0) is 10.7. The van der Waals surface area contributed by atoms with Crippen LogP contribution in [0.4, 0.5) is 4.39 Å². The number of hydrogen-bond donors (Lipinski definition) is 1. The molecule has 1 aromatic heterocycles. The zero-order valence-electron chi connectivity index (χ0n) is 7.87. The molecule has 78 valence electrons. The second kappa shape index (κ2) is 4.08. The van der Waals surface area contributed by atoms with Crippen LogP contribution in [0.3, 0.4) is 0 Å². The summed E-state index contributed by atoms with van der Waals surface area (Å²) in [6.07, 6.45) is 1.06. The minimum absolute atomic E-state index is 0.268. The lowest BCUT2D eigenvalue weighted by atomic mass is 10.1. The summed E-state index contributed by atoms with van der Waals surface area (Å²) in [5.41, 5.74) is 0.848. The number of aromatic amines is 1. The third-order valence-electron chi connectivity index (χ3n) is 2.00. The molecule has 0 unspecified atom stereocenters. The summed E-state index contributed by atoms with van der Waals surface area (Å²) in [4.78, 5) is 10.6. The van der Waals surface area contributed by atoms with Crippen LogP contribution in [-0.4, -0.2) is 10.2 Å². The number of rotatable bonds is 3. The molecule has 0 atom stereocenters. The van der Waals surface area contributed by atoms with Gasteiger partial charge in [0, 0.05) is 6.42 Å². The Morgan fingerprint density at radius 2 is 2.27 bits per heavy atom. The molecule has 2 aromatic rings. The Balaban J connectivity index is 2.02. The Kier molecular flexibility index (Phi) is 2.62. The van der Waals surface area contributed by atoms with Crippen molar-refractivity contribution >= 4 is 0 Å². The Morgan fingerprint density at radius 1 is 1.40 bits per heavy atom. The van der Waals surface area contributed by atoms with Gasteiger partial charge in [-0.05, 0) is 24.1 Å². The molecule has 0 fully saturated rings. The van der Waals surface area contributed by atoms with Gasteiger partial charge >= 0.3 is 5.76 Å². The zero-order valence-corrected chi connectivity index (χ0v) is 7.87. The minimum Gasteiger partial charge on any atom is -0.392 e. The van der Waals surface area contributed by atoms with Crippen molar-refractivity contribution in [1.82, 2.24) is 10.2 Å². The molecule has 0 aliphatic carbocycles. The SMILES string of the molecule is O=c1[nH]nc(CCc2cccc(F)c2)o1. The smallest absolute Gasteiger partial charge is 0.392 e. The van der Waals surface area contributed by atoms with Crippen molar-refractivity contribution in [3.05, 3.63) is 52.1 Å². The van der Waals surface area contributed by atoms with Crippen molar-refractivity contribution in [3.8, 4) is 0 Å². The Hall–Kier alpha value is -1.91. The number of nitrogens with zero attached hydrogens (tertiary/aromatic N) is 1. The summed E-state index contributed by atoms with van der Waals surface area (Å²) in [7, 11) is 0. The maximum absolute atomic E-state index is 12.8. The number of benzene rings is 1. The van der Waals surface area contributed by atoms with E-state index in [0.717, 1.165) is 5.56 Å². The van der Waals surface area contributed by atoms with Crippen LogP contribution in [0.25, 0.3) is 0 Å². The van der Waals surface area contributed by atoms with Crippen LogP contribution < -0.4 is 5.76 Å². The maximum Gasteiger partial charge on any atom is 0.434 e. The summed E-state index contributed by atoms with van der Waals surface area (Å²) in [5.74, 6) is -0.496. The third kappa shape index (κ3) is 2.52. The predicted octanol–water partition coefficient (Wildman–Crippen LogP) is 1.29. The fourth-order valence-corrected chi connectivity index (χ4v) is 1.31. The van der Waals surface area contributed by atoms with E-state index >= 15 is 0 Å². The highest BCUT2D eigenvalue weighted by atomic mass is 19.1. The van der Waals surface area contributed by atoms with Crippen molar-refractivity contribution in [3.63, 3.8) is 0 Å². The molecule has 4 nitrogen and oxygen atoms in total. The van der Waals surface area contributed by atoms with E-state index in [1.54, 1.807) is 6.07 Å². The average molecular weight is 208 g/mol. The summed E-state index contributed by atoms with van der Waals surface area (Å²) < 4.78 is 17.5. The largest absolute Gasteiger partial charge is 0.434 e. The summed E-state index contributed by atoms with van der Waals surface area (Å²) in [6, 6.07) is 6.29. The second-order valence-corrected chi connectivity index (χ2v) is 3.14. The number of H-pyrrole nitrogens is 1. The fraction of sp³-hybridized carbons (Fsp3) is 0.200. The van der Waals surface area contributed by atoms with Crippen molar-refractivity contribution < 1.29 is 8.81 Å². The van der Waals surface area contributed by atoms with Crippen LogP contribution in [0, 0.1) is 5.82 Å². The first-order valence-electron chi connectivity index (χ1n) is 4.53. The van der Waals surface area contributed by atoms with E-state index in [1.165, 1.54) is 12.1 Å². The molecule has 0 aliphatic rings. The van der Waals surface area contributed by atoms with Crippen molar-refractivity contribution in [2.24, 2.45) is 0 Å². The molecule has 0 amide bonds. The topological polar surface area (TPSA) is 58.9 Å². The monoisotopic (exact) mass is 208 g/mol. The van der Waals surface area contributed by atoms with Crippen molar-refractivity contribution in [2.75, 3.05) is 0 Å². The van der Waals surface area contributed by atoms with Crippen molar-refractivity contribution in [1.29, 1.82) is 0 Å². The summed E-state index contributed by atoms with van der Waals surface area (Å²) in [6.45, 7) is 0. The summed E-state index contributed by atoms with van der Waals surface area (Å²) in [5, 5.41) is 5.83. The molecule has 15 heavy (non-hydrogen) atoms. The van der Waals surface area contributed by atoms with Gasteiger partial charge in [-0.3, -0.25) is 0 Å². The first kappa shape index (κ1) is 9.64. The Bertz CT molecular complexity index is 504. The van der Waals surface area contributed by atoms with E-state index in [-0.39, 0.29) is 5.82 Å². The summed E-state index contributed by atoms with van der Waals surface area (Å²) >= 11 is 0. The molecule has 0 saturated heterocycles. The maximum atomic E-state index is 12.8. The fourth-order valence-electron chi connectivity index (χ4n) is 1.31. The van der Waals surface area contributed by atoms with Crippen LogP contribution >= 0.6 is 0 Å². The lowest BCUT2D eigenvalue weighted by molar-refractivity contribution is 0.461. The standard InChI is InChI=1S/C10H9FN2O2/c11-8-3-1-2-7(6-8)4-5-9-12-13-10(14)15-9/h1-3,6H,4-5H2,(H,13,14). The molecular formula is C10H9FN2O2. The van der Waals surface area contributed by atoms with E-state index in [2.05, 4.69) is 10.2 Å². The highest BCUT2D eigenvalue weighted by Gasteiger charge is 2.02. The van der Waals surface area contributed by atoms with Gasteiger partial charge in [-0.25, -0.2) is 14.3 Å². The van der Waals surface area contributed by atoms with Gasteiger partial charge in [0.1, 0.15) is 5.82 Å². The third-order valence-corrected chi connectivity index (χ3v) is 2.00. The molecule has 2 rings (SSSR count). The van der Waals surface area contributed by atoms with Gasteiger partial charge in [-0.2, -0.15) is 0 Å². The average Bonchev–Trinajstić information content (AvgIpc) is 2.62. The molecule has 5 heteroatoms. The second-order valence-electron chi connectivity index (χ2n) is 3.14.